The van der Waals surface area contributed by atoms with Gasteiger partial charge in [0.15, 0.2) is 0 Å². The number of rotatable bonds is 5. The van der Waals surface area contributed by atoms with Gasteiger partial charge in [-0.3, -0.25) is 4.98 Å². The molecule has 1 aliphatic rings. The Morgan fingerprint density at radius 3 is 2.55 bits per heavy atom. The molecule has 2 rings (SSSR count). The summed E-state index contributed by atoms with van der Waals surface area (Å²) in [5.41, 5.74) is 1.91. The van der Waals surface area contributed by atoms with Crippen LogP contribution in [0.1, 0.15) is 44.9 Å². The summed E-state index contributed by atoms with van der Waals surface area (Å²) in [5, 5.41) is 9.78. The lowest BCUT2D eigenvalue weighted by molar-refractivity contribution is 0.169. The Kier molecular flexibility index (Phi) is 5.38. The largest absolute Gasteiger partial charge is 0.387 e. The Balaban J connectivity index is 1.97. The van der Waals surface area contributed by atoms with Crippen LogP contribution in [0.25, 0.3) is 0 Å². The minimum Gasteiger partial charge on any atom is -0.387 e. The SMILES string of the molecule is CCC(O)c1ccc(N(C)C2CCN(CC)CC2)cn1. The molecular weight excluding hydrogens is 250 g/mol. The number of aliphatic hydroxyl groups excluding tert-OH is 1. The smallest absolute Gasteiger partial charge is 0.0957 e. The molecule has 1 saturated heterocycles. The number of nitrogens with zero attached hydrogens (tertiary/aromatic N) is 3. The number of aromatic nitrogens is 1. The third-order valence-corrected chi connectivity index (χ3v) is 4.46. The van der Waals surface area contributed by atoms with E-state index < -0.39 is 6.10 Å². The van der Waals surface area contributed by atoms with Crippen LogP contribution in [0.3, 0.4) is 0 Å². The highest BCUT2D eigenvalue weighted by molar-refractivity contribution is 5.45. The second kappa shape index (κ2) is 7.04. The zero-order chi connectivity index (χ0) is 14.5. The molecule has 0 radical (unpaired) electrons. The molecule has 20 heavy (non-hydrogen) atoms. The van der Waals surface area contributed by atoms with E-state index in [0.717, 1.165) is 17.9 Å². The van der Waals surface area contributed by atoms with Crippen molar-refractivity contribution in [2.75, 3.05) is 31.6 Å². The fourth-order valence-corrected chi connectivity index (χ4v) is 2.85. The lowest BCUT2D eigenvalue weighted by Crippen LogP contribution is -2.43. The van der Waals surface area contributed by atoms with Gasteiger partial charge < -0.3 is 14.9 Å². The molecular formula is C16H27N3O. The van der Waals surface area contributed by atoms with Crippen molar-refractivity contribution in [3.05, 3.63) is 24.0 Å². The molecule has 1 aromatic rings. The van der Waals surface area contributed by atoms with Crippen LogP contribution in [0.15, 0.2) is 18.3 Å². The van der Waals surface area contributed by atoms with Crippen LogP contribution in [0.2, 0.25) is 0 Å². The highest BCUT2D eigenvalue weighted by atomic mass is 16.3. The molecule has 0 amide bonds. The average molecular weight is 277 g/mol. The molecule has 0 spiro atoms. The Morgan fingerprint density at radius 1 is 1.35 bits per heavy atom. The summed E-state index contributed by atoms with van der Waals surface area (Å²) in [6.07, 6.45) is 4.58. The number of hydrogen-bond acceptors (Lipinski definition) is 4. The van der Waals surface area contributed by atoms with Gasteiger partial charge in [-0.25, -0.2) is 0 Å². The van der Waals surface area contributed by atoms with Crippen LogP contribution < -0.4 is 4.90 Å². The van der Waals surface area contributed by atoms with Crippen molar-refractivity contribution in [2.45, 2.75) is 45.3 Å². The summed E-state index contributed by atoms with van der Waals surface area (Å²) < 4.78 is 0. The van der Waals surface area contributed by atoms with E-state index in [0.29, 0.717) is 12.5 Å². The van der Waals surface area contributed by atoms with E-state index in [4.69, 9.17) is 0 Å². The molecule has 0 saturated carbocycles. The second-order valence-electron chi connectivity index (χ2n) is 5.64. The molecule has 1 aromatic heterocycles. The van der Waals surface area contributed by atoms with E-state index in [1.807, 2.05) is 19.2 Å². The van der Waals surface area contributed by atoms with Gasteiger partial charge in [0, 0.05) is 26.2 Å². The molecule has 0 bridgehead atoms. The number of anilines is 1. The maximum absolute atomic E-state index is 9.78. The predicted octanol–water partition coefficient (Wildman–Crippen LogP) is 2.45. The van der Waals surface area contributed by atoms with Crippen LogP contribution >= 0.6 is 0 Å². The molecule has 4 heteroatoms. The van der Waals surface area contributed by atoms with Gasteiger partial charge in [-0.15, -0.1) is 0 Å². The van der Waals surface area contributed by atoms with Crippen molar-refractivity contribution in [3.63, 3.8) is 0 Å². The van der Waals surface area contributed by atoms with Crippen LogP contribution in [0.4, 0.5) is 5.69 Å². The van der Waals surface area contributed by atoms with E-state index in [2.05, 4.69) is 34.8 Å². The monoisotopic (exact) mass is 277 g/mol. The first kappa shape index (κ1) is 15.3. The third kappa shape index (κ3) is 3.49. The molecule has 1 unspecified atom stereocenters. The summed E-state index contributed by atoms with van der Waals surface area (Å²) in [5.74, 6) is 0. The minimum absolute atomic E-state index is 0.442. The zero-order valence-electron chi connectivity index (χ0n) is 12.9. The van der Waals surface area contributed by atoms with Crippen LogP contribution in [-0.2, 0) is 0 Å². The van der Waals surface area contributed by atoms with Crippen LogP contribution in [-0.4, -0.2) is 47.7 Å². The summed E-state index contributed by atoms with van der Waals surface area (Å²) >= 11 is 0. The van der Waals surface area contributed by atoms with Gasteiger partial charge in [0.05, 0.1) is 23.7 Å². The summed E-state index contributed by atoms with van der Waals surface area (Å²) in [6, 6.07) is 4.62. The van der Waals surface area contributed by atoms with Crippen molar-refractivity contribution in [3.8, 4) is 0 Å². The number of likely N-dealkylation sites (tertiary alicyclic amines) is 1. The van der Waals surface area contributed by atoms with E-state index in [1.165, 1.54) is 25.9 Å². The molecule has 112 valence electrons. The molecule has 1 aliphatic heterocycles. The number of piperidine rings is 1. The topological polar surface area (TPSA) is 39.6 Å². The maximum atomic E-state index is 9.78. The lowest BCUT2D eigenvalue weighted by Gasteiger charge is -2.37. The number of pyridine rings is 1. The highest BCUT2D eigenvalue weighted by Crippen LogP contribution is 2.23. The highest BCUT2D eigenvalue weighted by Gasteiger charge is 2.22. The van der Waals surface area contributed by atoms with Crippen molar-refractivity contribution < 1.29 is 5.11 Å². The summed E-state index contributed by atoms with van der Waals surface area (Å²) in [4.78, 5) is 9.23. The first-order chi connectivity index (χ1) is 9.65. The number of aliphatic hydroxyl groups is 1. The van der Waals surface area contributed by atoms with Gasteiger partial charge in [0.25, 0.3) is 0 Å². The van der Waals surface area contributed by atoms with Gasteiger partial charge >= 0.3 is 0 Å². The van der Waals surface area contributed by atoms with Crippen molar-refractivity contribution in [1.82, 2.24) is 9.88 Å². The van der Waals surface area contributed by atoms with E-state index in [1.54, 1.807) is 0 Å². The Hall–Kier alpha value is -1.13. The van der Waals surface area contributed by atoms with E-state index >= 15 is 0 Å². The van der Waals surface area contributed by atoms with Gasteiger partial charge in [-0.05, 0) is 37.9 Å². The quantitative estimate of drug-likeness (QED) is 0.897. The van der Waals surface area contributed by atoms with E-state index in [-0.39, 0.29) is 0 Å². The number of hydrogen-bond donors (Lipinski definition) is 1. The Labute approximate surface area is 122 Å². The first-order valence-electron chi connectivity index (χ1n) is 7.74. The average Bonchev–Trinajstić information content (AvgIpc) is 2.53. The normalized spacial score (nSPS) is 19.0. The standard InChI is InChI=1S/C16H27N3O/c1-4-16(20)15-7-6-14(12-17-15)18(3)13-8-10-19(5-2)11-9-13/h6-7,12-13,16,20H,4-5,8-11H2,1-3H3. The van der Waals surface area contributed by atoms with Gasteiger partial charge in [0.2, 0.25) is 0 Å². The molecule has 1 atom stereocenters. The fraction of sp³-hybridized carbons (Fsp3) is 0.688. The first-order valence-corrected chi connectivity index (χ1v) is 7.74. The Morgan fingerprint density at radius 2 is 2.05 bits per heavy atom. The Bertz CT molecular complexity index is 399. The van der Waals surface area contributed by atoms with Crippen molar-refractivity contribution in [2.24, 2.45) is 0 Å². The van der Waals surface area contributed by atoms with Crippen molar-refractivity contribution >= 4 is 5.69 Å². The van der Waals surface area contributed by atoms with Crippen LogP contribution in [0.5, 0.6) is 0 Å². The minimum atomic E-state index is -0.442. The fourth-order valence-electron chi connectivity index (χ4n) is 2.85. The van der Waals surface area contributed by atoms with Crippen molar-refractivity contribution in [1.29, 1.82) is 0 Å². The zero-order valence-corrected chi connectivity index (χ0v) is 12.9. The second-order valence-corrected chi connectivity index (χ2v) is 5.64. The molecule has 1 fully saturated rings. The van der Waals surface area contributed by atoms with E-state index in [9.17, 15) is 5.11 Å². The molecule has 2 heterocycles. The van der Waals surface area contributed by atoms with Gasteiger partial charge in [-0.1, -0.05) is 13.8 Å². The lowest BCUT2D eigenvalue weighted by atomic mass is 10.0. The van der Waals surface area contributed by atoms with Crippen LogP contribution in [0, 0.1) is 0 Å². The van der Waals surface area contributed by atoms with Gasteiger partial charge in [-0.2, -0.15) is 0 Å². The maximum Gasteiger partial charge on any atom is 0.0957 e. The molecule has 0 aliphatic carbocycles. The molecule has 0 aromatic carbocycles. The summed E-state index contributed by atoms with van der Waals surface area (Å²) in [7, 11) is 2.15. The van der Waals surface area contributed by atoms with Gasteiger partial charge in [0.1, 0.15) is 0 Å². The summed E-state index contributed by atoms with van der Waals surface area (Å²) in [6.45, 7) is 7.72. The molecule has 1 N–H and O–H groups in total. The predicted molar refractivity (Wildman–Crippen MR) is 83.0 cm³/mol. The molecule has 4 nitrogen and oxygen atoms in total. The third-order valence-electron chi connectivity index (χ3n) is 4.46.